The van der Waals surface area contributed by atoms with E-state index in [1.807, 2.05) is 18.5 Å². The van der Waals surface area contributed by atoms with Crippen molar-refractivity contribution in [2.24, 2.45) is 0 Å². The highest BCUT2D eigenvalue weighted by Crippen LogP contribution is 2.32. The van der Waals surface area contributed by atoms with Gasteiger partial charge in [0, 0.05) is 33.3 Å². The van der Waals surface area contributed by atoms with Crippen molar-refractivity contribution in [1.29, 1.82) is 0 Å². The van der Waals surface area contributed by atoms with E-state index < -0.39 is 0 Å². The molecule has 2 aliphatic carbocycles. The number of fused-ring (bicyclic) bond motifs is 2. The lowest BCUT2D eigenvalue weighted by atomic mass is 9.95. The van der Waals surface area contributed by atoms with Crippen LogP contribution >= 0.6 is 22.6 Å². The largest absolute Gasteiger partial charge is 0.351 e. The van der Waals surface area contributed by atoms with Crippen molar-refractivity contribution in [3.05, 3.63) is 65.6 Å². The molecule has 5 heteroatoms. The zero-order valence-electron chi connectivity index (χ0n) is 16.4. The Labute approximate surface area is 185 Å². The maximum atomic E-state index is 4.95. The zero-order chi connectivity index (χ0) is 19.6. The number of nitrogens with one attached hydrogen (secondary N) is 1. The Morgan fingerprint density at radius 3 is 2.83 bits per heavy atom. The molecular formula is C24H25IN4. The smallest absolute Gasteiger partial charge is 0.223 e. The van der Waals surface area contributed by atoms with Gasteiger partial charge in [0.25, 0.3) is 0 Å². The lowest BCUT2D eigenvalue weighted by Gasteiger charge is -2.26. The monoisotopic (exact) mass is 496 g/mol. The van der Waals surface area contributed by atoms with Gasteiger partial charge in [-0.15, -0.1) is 0 Å². The van der Waals surface area contributed by atoms with Crippen molar-refractivity contribution >= 4 is 45.0 Å². The molecule has 0 atom stereocenters. The number of anilines is 1. The van der Waals surface area contributed by atoms with Gasteiger partial charge in [-0.1, -0.05) is 40.8 Å². The van der Waals surface area contributed by atoms with Crippen molar-refractivity contribution in [1.82, 2.24) is 15.0 Å². The molecular weight excluding hydrogens is 471 g/mol. The summed E-state index contributed by atoms with van der Waals surface area (Å²) in [6, 6.07) is 11.1. The summed E-state index contributed by atoms with van der Waals surface area (Å²) in [5.41, 5.74) is 5.84. The van der Waals surface area contributed by atoms with E-state index in [1.54, 1.807) is 0 Å². The molecule has 2 heterocycles. The van der Waals surface area contributed by atoms with Crippen LogP contribution in [0.2, 0.25) is 0 Å². The molecule has 5 rings (SSSR count). The third-order valence-corrected chi connectivity index (χ3v) is 7.27. The average Bonchev–Trinajstić information content (AvgIpc) is 2.97. The van der Waals surface area contributed by atoms with Crippen LogP contribution in [-0.4, -0.2) is 24.9 Å². The molecule has 0 spiro atoms. The Morgan fingerprint density at radius 2 is 1.93 bits per heavy atom. The summed E-state index contributed by atoms with van der Waals surface area (Å²) in [5.74, 6) is 0.796. The summed E-state index contributed by atoms with van der Waals surface area (Å²) in [6.45, 7) is 0. The van der Waals surface area contributed by atoms with Crippen LogP contribution < -0.4 is 5.32 Å². The van der Waals surface area contributed by atoms with Crippen LogP contribution in [0.1, 0.15) is 55.3 Å². The van der Waals surface area contributed by atoms with E-state index in [0.29, 0.717) is 6.04 Å². The molecule has 2 aromatic heterocycles. The summed E-state index contributed by atoms with van der Waals surface area (Å²) in [4.78, 5) is 14.1. The highest BCUT2D eigenvalue weighted by Gasteiger charge is 2.21. The Morgan fingerprint density at radius 1 is 1.03 bits per heavy atom. The summed E-state index contributed by atoms with van der Waals surface area (Å²) < 4.78 is 0.823. The number of aryl methyl sites for hydroxylation is 1. The molecule has 0 saturated heterocycles. The van der Waals surface area contributed by atoms with Crippen LogP contribution in [0.15, 0.2) is 48.8 Å². The van der Waals surface area contributed by atoms with Gasteiger partial charge in [-0.05, 0) is 74.3 Å². The Hall–Kier alpha value is -2.02. The molecule has 3 aromatic rings. The van der Waals surface area contributed by atoms with Crippen LogP contribution in [0.5, 0.6) is 0 Å². The van der Waals surface area contributed by atoms with Crippen molar-refractivity contribution in [2.45, 2.75) is 54.9 Å². The number of hydrogen-bond acceptors (Lipinski definition) is 4. The first-order chi connectivity index (χ1) is 14.3. The molecule has 1 saturated carbocycles. The van der Waals surface area contributed by atoms with E-state index in [9.17, 15) is 0 Å². The van der Waals surface area contributed by atoms with E-state index >= 15 is 0 Å². The average molecular weight is 496 g/mol. The maximum absolute atomic E-state index is 4.95. The quantitative estimate of drug-likeness (QED) is 0.360. The molecule has 1 fully saturated rings. The van der Waals surface area contributed by atoms with E-state index in [4.69, 9.17) is 9.97 Å². The molecule has 2 aliphatic rings. The second kappa shape index (κ2) is 8.38. The predicted molar refractivity (Wildman–Crippen MR) is 127 cm³/mol. The third kappa shape index (κ3) is 4.15. The fourth-order valence-electron chi connectivity index (χ4n) is 4.42. The van der Waals surface area contributed by atoms with Crippen LogP contribution in [0.25, 0.3) is 16.5 Å². The number of aromatic nitrogens is 3. The van der Waals surface area contributed by atoms with Gasteiger partial charge in [0.2, 0.25) is 5.95 Å². The normalized spacial score (nSPS) is 21.9. The maximum Gasteiger partial charge on any atom is 0.223 e. The molecule has 148 valence electrons. The molecule has 1 N–H and O–H groups in total. The summed E-state index contributed by atoms with van der Waals surface area (Å²) in [6.07, 6.45) is 14.4. The second-order valence-corrected chi connectivity index (χ2v) is 9.83. The fourth-order valence-corrected chi connectivity index (χ4v) is 5.14. The number of halogens is 1. The highest BCUT2D eigenvalue weighted by molar-refractivity contribution is 14.1. The van der Waals surface area contributed by atoms with E-state index in [-0.39, 0.29) is 0 Å². The Kier molecular flexibility index (Phi) is 5.48. The van der Waals surface area contributed by atoms with Gasteiger partial charge in [0.05, 0.1) is 11.2 Å². The van der Waals surface area contributed by atoms with Gasteiger partial charge in [-0.3, -0.25) is 4.98 Å². The van der Waals surface area contributed by atoms with Crippen molar-refractivity contribution in [2.75, 3.05) is 5.32 Å². The van der Waals surface area contributed by atoms with Crippen LogP contribution in [-0.2, 0) is 6.42 Å². The summed E-state index contributed by atoms with van der Waals surface area (Å²) >= 11 is 2.57. The van der Waals surface area contributed by atoms with E-state index in [0.717, 1.165) is 34.7 Å². The van der Waals surface area contributed by atoms with Gasteiger partial charge >= 0.3 is 0 Å². The first-order valence-corrected chi connectivity index (χ1v) is 11.8. The zero-order valence-corrected chi connectivity index (χ0v) is 18.6. The summed E-state index contributed by atoms with van der Waals surface area (Å²) in [5, 5.41) is 4.77. The van der Waals surface area contributed by atoms with Crippen molar-refractivity contribution in [3.8, 4) is 0 Å². The molecule has 0 aliphatic heterocycles. The number of rotatable bonds is 3. The Balaban J connectivity index is 1.44. The molecule has 0 radical (unpaired) electrons. The predicted octanol–water partition coefficient (Wildman–Crippen LogP) is 5.95. The second-order valence-electron chi connectivity index (χ2n) is 8.07. The van der Waals surface area contributed by atoms with Gasteiger partial charge < -0.3 is 5.32 Å². The molecule has 0 amide bonds. The van der Waals surface area contributed by atoms with Gasteiger partial charge in [-0.25, -0.2) is 9.97 Å². The van der Waals surface area contributed by atoms with Crippen LogP contribution in [0.3, 0.4) is 0 Å². The SMILES string of the molecule is IC1CCC(Nc2ncc3c(n2)CCCC=C3c2ccc3ncccc3c2)CC1. The van der Waals surface area contributed by atoms with Crippen molar-refractivity contribution in [3.63, 3.8) is 0 Å². The highest BCUT2D eigenvalue weighted by atomic mass is 127. The van der Waals surface area contributed by atoms with E-state index in [1.165, 1.54) is 53.5 Å². The van der Waals surface area contributed by atoms with Crippen molar-refractivity contribution < 1.29 is 0 Å². The number of nitrogens with zero attached hydrogens (tertiary/aromatic N) is 3. The Bertz CT molecular complexity index is 1050. The minimum atomic E-state index is 0.507. The van der Waals surface area contributed by atoms with Crippen LogP contribution in [0.4, 0.5) is 5.95 Å². The minimum absolute atomic E-state index is 0.507. The number of allylic oxidation sites excluding steroid dienone is 1. The number of pyridine rings is 1. The van der Waals surface area contributed by atoms with Gasteiger partial charge in [0.1, 0.15) is 0 Å². The first kappa shape index (κ1) is 19.0. The van der Waals surface area contributed by atoms with Gasteiger partial charge in [-0.2, -0.15) is 0 Å². The minimum Gasteiger partial charge on any atom is -0.351 e. The molecule has 1 aromatic carbocycles. The first-order valence-electron chi connectivity index (χ1n) is 10.6. The topological polar surface area (TPSA) is 50.7 Å². The standard InChI is InChI=1S/C24H25IN4/c25-18-8-10-19(11-9-18)28-24-27-15-21-20(5-1-2-6-23(21)29-24)16-7-12-22-17(14-16)4-3-13-26-22/h3-5,7,12-15,18-19H,1-2,6,8-11H2,(H,27,28,29). The molecule has 4 nitrogen and oxygen atoms in total. The lowest BCUT2D eigenvalue weighted by molar-refractivity contribution is 0.480. The number of benzene rings is 1. The summed E-state index contributed by atoms with van der Waals surface area (Å²) in [7, 11) is 0. The van der Waals surface area contributed by atoms with Gasteiger partial charge in [0.15, 0.2) is 0 Å². The molecule has 0 bridgehead atoms. The molecule has 0 unspecified atom stereocenters. The van der Waals surface area contributed by atoms with E-state index in [2.05, 4.69) is 63.2 Å². The number of hydrogen-bond donors (Lipinski definition) is 1. The fraction of sp³-hybridized carbons (Fsp3) is 0.375. The molecule has 29 heavy (non-hydrogen) atoms. The number of alkyl halides is 1. The van der Waals surface area contributed by atoms with Crippen LogP contribution in [0, 0.1) is 0 Å². The lowest BCUT2D eigenvalue weighted by Crippen LogP contribution is -2.27. The third-order valence-electron chi connectivity index (χ3n) is 6.03.